The van der Waals surface area contributed by atoms with Crippen molar-refractivity contribution in [2.24, 2.45) is 11.7 Å². The first-order valence-corrected chi connectivity index (χ1v) is 14.6. The van der Waals surface area contributed by atoms with Crippen molar-refractivity contribution in [3.8, 4) is 11.1 Å². The van der Waals surface area contributed by atoms with Gasteiger partial charge in [0.2, 0.25) is 11.8 Å². The van der Waals surface area contributed by atoms with E-state index in [0.717, 1.165) is 12.1 Å². The number of halogens is 7. The molecule has 0 aliphatic heterocycles. The van der Waals surface area contributed by atoms with Crippen molar-refractivity contribution >= 4 is 34.4 Å². The van der Waals surface area contributed by atoms with Crippen LogP contribution < -0.4 is 11.1 Å². The number of amides is 2. The van der Waals surface area contributed by atoms with Gasteiger partial charge < -0.3 is 11.1 Å². The van der Waals surface area contributed by atoms with Crippen LogP contribution in [0.25, 0.3) is 22.2 Å². The second-order valence-corrected chi connectivity index (χ2v) is 12.0. The van der Waals surface area contributed by atoms with E-state index in [9.17, 15) is 27.2 Å². The van der Waals surface area contributed by atoms with Crippen LogP contribution in [0, 0.1) is 17.6 Å². The number of alkyl halides is 4. The minimum atomic E-state index is -3.45. The first kappa shape index (κ1) is 30.7. The molecule has 2 amide bonds. The molecule has 47 heavy (non-hydrogen) atoms. The second-order valence-electron chi connectivity index (χ2n) is 11.6. The number of pyridine rings is 1. The molecule has 7 rings (SSSR count). The average molecular weight is 674 g/mol. The summed E-state index contributed by atoms with van der Waals surface area (Å²) in [5, 5.41) is 13.2. The van der Waals surface area contributed by atoms with Crippen LogP contribution >= 0.6 is 11.6 Å². The summed E-state index contributed by atoms with van der Waals surface area (Å²) in [5.74, 6) is -8.85. The quantitative estimate of drug-likeness (QED) is 0.163. The number of hydrogen-bond donors (Lipinski definition) is 3. The molecular formula is C31H22ClF6N7O2. The van der Waals surface area contributed by atoms with E-state index in [2.05, 4.69) is 25.6 Å². The number of primary amides is 1. The van der Waals surface area contributed by atoms with Crippen molar-refractivity contribution < 1.29 is 35.9 Å². The van der Waals surface area contributed by atoms with Gasteiger partial charge in [0, 0.05) is 23.1 Å². The fourth-order valence-electron chi connectivity index (χ4n) is 6.41. The summed E-state index contributed by atoms with van der Waals surface area (Å²) in [6.07, 6.45) is -1.93. The van der Waals surface area contributed by atoms with Crippen LogP contribution in [0.3, 0.4) is 0 Å². The molecule has 2 aliphatic rings. The zero-order valence-electron chi connectivity index (χ0n) is 23.9. The maximum atomic E-state index is 15.2. The minimum Gasteiger partial charge on any atom is -0.366 e. The van der Waals surface area contributed by atoms with E-state index in [-0.39, 0.29) is 40.2 Å². The topological polar surface area (TPSA) is 132 Å². The molecule has 9 nitrogen and oxygen atoms in total. The number of nitrogens with zero attached hydrogens (tertiary/aromatic N) is 4. The smallest absolute Gasteiger partial charge is 0.293 e. The molecule has 2 aliphatic carbocycles. The molecular weight excluding hydrogens is 652 g/mol. The highest BCUT2D eigenvalue weighted by Gasteiger charge is 2.67. The lowest BCUT2D eigenvalue weighted by molar-refractivity contribution is -0.123. The Hall–Kier alpha value is -4.92. The van der Waals surface area contributed by atoms with E-state index in [1.165, 1.54) is 18.3 Å². The number of benzene rings is 2. The summed E-state index contributed by atoms with van der Waals surface area (Å²) >= 11 is 6.17. The zero-order chi connectivity index (χ0) is 33.4. The van der Waals surface area contributed by atoms with Crippen molar-refractivity contribution in [2.75, 3.05) is 0 Å². The molecule has 1 saturated carbocycles. The van der Waals surface area contributed by atoms with Gasteiger partial charge in [-0.1, -0.05) is 17.7 Å². The SMILES string of the molecule is NC(=O)c1cc(-c2cc3[nH]ncc3nc2C(Cc2cc(F)cc(F)c2)NC(=O)Cn2nc(C(F)F)c3c2C(F)(F)[C@@H]2C[C@H]32)ccc1Cl. The lowest BCUT2D eigenvalue weighted by Gasteiger charge is -2.23. The number of carbonyl (C=O) groups is 2. The van der Waals surface area contributed by atoms with Crippen molar-refractivity contribution in [1.29, 1.82) is 0 Å². The van der Waals surface area contributed by atoms with Gasteiger partial charge in [-0.3, -0.25) is 19.4 Å². The third-order valence-electron chi connectivity index (χ3n) is 8.48. The molecule has 2 aromatic carbocycles. The van der Waals surface area contributed by atoms with Crippen LogP contribution in [0.1, 0.15) is 63.4 Å². The normalized spacial score (nSPS) is 18.3. The number of rotatable bonds is 9. The Bertz CT molecular complexity index is 2080. The number of nitrogens with two attached hydrogens (primary N) is 1. The molecule has 0 saturated heterocycles. The maximum absolute atomic E-state index is 15.2. The fourth-order valence-corrected chi connectivity index (χ4v) is 6.62. The number of hydrogen-bond acceptors (Lipinski definition) is 5. The van der Waals surface area contributed by atoms with E-state index in [0.29, 0.717) is 32.9 Å². The van der Waals surface area contributed by atoms with Crippen molar-refractivity contribution in [2.45, 2.75) is 43.7 Å². The zero-order valence-corrected chi connectivity index (χ0v) is 24.6. The summed E-state index contributed by atoms with van der Waals surface area (Å²) in [4.78, 5) is 30.3. The van der Waals surface area contributed by atoms with Crippen LogP contribution in [0.4, 0.5) is 26.3 Å². The number of H-pyrrole nitrogens is 1. The Morgan fingerprint density at radius 3 is 2.55 bits per heavy atom. The van der Waals surface area contributed by atoms with Gasteiger partial charge in [0.25, 0.3) is 12.3 Å². The van der Waals surface area contributed by atoms with Crippen LogP contribution in [-0.4, -0.2) is 36.8 Å². The van der Waals surface area contributed by atoms with Gasteiger partial charge in [-0.15, -0.1) is 0 Å². The number of fused-ring (bicyclic) bond motifs is 4. The molecule has 0 spiro atoms. The van der Waals surface area contributed by atoms with E-state index in [4.69, 9.17) is 17.3 Å². The summed E-state index contributed by atoms with van der Waals surface area (Å²) in [7, 11) is 0. The maximum Gasteiger partial charge on any atom is 0.293 e. The van der Waals surface area contributed by atoms with Gasteiger partial charge in [-0.05, 0) is 60.2 Å². The Labute approximate surface area is 266 Å². The highest BCUT2D eigenvalue weighted by atomic mass is 35.5. The third-order valence-corrected chi connectivity index (χ3v) is 8.81. The average Bonchev–Trinajstić information content (AvgIpc) is 3.41. The van der Waals surface area contributed by atoms with Crippen LogP contribution in [-0.2, 0) is 23.7 Å². The highest BCUT2D eigenvalue weighted by Crippen LogP contribution is 2.68. The molecule has 0 radical (unpaired) electrons. The Morgan fingerprint density at radius 1 is 1.11 bits per heavy atom. The molecule has 0 bridgehead atoms. The van der Waals surface area contributed by atoms with Gasteiger partial charge in [-0.2, -0.15) is 19.0 Å². The van der Waals surface area contributed by atoms with Gasteiger partial charge in [0.1, 0.15) is 35.1 Å². The first-order chi connectivity index (χ1) is 22.3. The largest absolute Gasteiger partial charge is 0.366 e. The van der Waals surface area contributed by atoms with E-state index >= 15 is 8.78 Å². The predicted molar refractivity (Wildman–Crippen MR) is 156 cm³/mol. The highest BCUT2D eigenvalue weighted by molar-refractivity contribution is 6.33. The number of aromatic nitrogens is 5. The predicted octanol–water partition coefficient (Wildman–Crippen LogP) is 6.10. The Balaban J connectivity index is 1.31. The molecule has 4 N–H and O–H groups in total. The van der Waals surface area contributed by atoms with Crippen LogP contribution in [0.5, 0.6) is 0 Å². The van der Waals surface area contributed by atoms with Crippen molar-refractivity contribution in [1.82, 2.24) is 30.3 Å². The molecule has 3 atom stereocenters. The lowest BCUT2D eigenvalue weighted by Crippen LogP contribution is -2.35. The summed E-state index contributed by atoms with van der Waals surface area (Å²) in [5.41, 5.74) is 5.49. The van der Waals surface area contributed by atoms with Gasteiger partial charge >= 0.3 is 0 Å². The van der Waals surface area contributed by atoms with Crippen LogP contribution in [0.2, 0.25) is 5.02 Å². The minimum absolute atomic E-state index is 0.0195. The standard InChI is InChI=1S/C31H22ClF6N7O2/c32-20-2-1-13(6-18(20)30(39)47)16-9-21-23(10-40-43-21)42-26(16)22(5-12-3-14(33)7-15(34)4-12)41-24(46)11-45-28-25(27(44-45)29(35)36)17-8-19(17)31(28,37)38/h1-4,6-7,9-10,17,19,22,29H,5,8,11H2,(H2,39,47)(H,40,43)(H,41,46)/t17-,19+,22?/m0/s1. The number of nitrogens with one attached hydrogen (secondary N) is 2. The summed E-state index contributed by atoms with van der Waals surface area (Å²) in [6.45, 7) is -0.853. The summed E-state index contributed by atoms with van der Waals surface area (Å²) < 4.78 is 87.1. The van der Waals surface area contributed by atoms with E-state index in [1.54, 1.807) is 12.1 Å². The molecule has 3 heterocycles. The lowest BCUT2D eigenvalue weighted by atomic mass is 9.94. The molecule has 242 valence electrons. The number of carbonyl (C=O) groups excluding carboxylic acids is 2. The van der Waals surface area contributed by atoms with Crippen LogP contribution in [0.15, 0.2) is 48.7 Å². The Morgan fingerprint density at radius 2 is 1.85 bits per heavy atom. The second kappa shape index (κ2) is 11.1. The third kappa shape index (κ3) is 5.37. The van der Waals surface area contributed by atoms with Gasteiger partial charge in [-0.25, -0.2) is 22.5 Å². The van der Waals surface area contributed by atoms with E-state index in [1.807, 2.05) is 0 Å². The molecule has 16 heteroatoms. The fraction of sp³-hybridized carbons (Fsp3) is 0.258. The monoisotopic (exact) mass is 673 g/mol. The molecule has 1 fully saturated rings. The van der Waals surface area contributed by atoms with Gasteiger partial charge in [0.15, 0.2) is 0 Å². The van der Waals surface area contributed by atoms with Crippen molar-refractivity contribution in [3.05, 3.63) is 99.1 Å². The Kier molecular flexibility index (Phi) is 7.26. The molecule has 1 unspecified atom stereocenters. The molecule has 5 aromatic rings. The number of aromatic amines is 1. The summed E-state index contributed by atoms with van der Waals surface area (Å²) in [6, 6.07) is 7.59. The van der Waals surface area contributed by atoms with Crippen molar-refractivity contribution in [3.63, 3.8) is 0 Å². The van der Waals surface area contributed by atoms with E-state index < -0.39 is 71.6 Å². The first-order valence-electron chi connectivity index (χ1n) is 14.3. The van der Waals surface area contributed by atoms with Gasteiger partial charge in [0.05, 0.1) is 34.0 Å². The molecule has 3 aromatic heterocycles.